The van der Waals surface area contributed by atoms with Crippen molar-refractivity contribution < 1.29 is 27.8 Å². The monoisotopic (exact) mass is 235 g/mol. The highest BCUT2D eigenvalue weighted by atomic mass is 19.4. The second-order valence-corrected chi connectivity index (χ2v) is 2.95. The summed E-state index contributed by atoms with van der Waals surface area (Å²) in [5.74, 6) is -1.56. The molecule has 0 aromatic carbocycles. The van der Waals surface area contributed by atoms with Crippen molar-refractivity contribution in [3.8, 4) is 5.88 Å². The summed E-state index contributed by atoms with van der Waals surface area (Å²) in [4.78, 5) is 13.9. The quantitative estimate of drug-likeness (QED) is 0.866. The van der Waals surface area contributed by atoms with Crippen LogP contribution in [0, 0.1) is 0 Å². The van der Waals surface area contributed by atoms with Crippen LogP contribution in [0.1, 0.15) is 11.1 Å². The number of carboxylic acids is 1. The van der Waals surface area contributed by atoms with Crippen molar-refractivity contribution >= 4 is 5.97 Å². The zero-order chi connectivity index (χ0) is 12.3. The summed E-state index contributed by atoms with van der Waals surface area (Å²) in [5, 5.41) is 8.46. The molecule has 0 fully saturated rings. The van der Waals surface area contributed by atoms with Crippen molar-refractivity contribution in [2.45, 2.75) is 12.6 Å². The van der Waals surface area contributed by atoms with Crippen molar-refractivity contribution in [3.63, 3.8) is 0 Å². The van der Waals surface area contributed by atoms with Gasteiger partial charge in [-0.3, -0.25) is 4.79 Å². The molecule has 0 saturated carbocycles. The lowest BCUT2D eigenvalue weighted by Gasteiger charge is -2.12. The van der Waals surface area contributed by atoms with E-state index >= 15 is 0 Å². The Morgan fingerprint density at radius 3 is 2.62 bits per heavy atom. The number of pyridine rings is 1. The molecule has 0 aliphatic carbocycles. The highest BCUT2D eigenvalue weighted by Gasteiger charge is 2.34. The molecule has 0 amide bonds. The van der Waals surface area contributed by atoms with Gasteiger partial charge in [-0.15, -0.1) is 0 Å². The maximum Gasteiger partial charge on any atom is 0.416 e. The molecule has 0 saturated heterocycles. The van der Waals surface area contributed by atoms with Gasteiger partial charge in [0.2, 0.25) is 5.88 Å². The molecule has 0 spiro atoms. The van der Waals surface area contributed by atoms with Crippen LogP contribution in [0.2, 0.25) is 0 Å². The summed E-state index contributed by atoms with van der Waals surface area (Å²) in [6, 6.07) is 0.679. The standard InChI is InChI=1S/C9H8F3NO3/c1-16-7-3-6(9(10,11)12)5(4-13-7)2-8(14)15/h3-4H,2H2,1H3,(H,14,15). The number of carbonyl (C=O) groups is 1. The molecule has 0 aliphatic rings. The number of nitrogens with zero attached hydrogens (tertiary/aromatic N) is 1. The van der Waals surface area contributed by atoms with E-state index in [1.807, 2.05) is 0 Å². The number of ether oxygens (including phenoxy) is 1. The third kappa shape index (κ3) is 2.85. The van der Waals surface area contributed by atoms with Crippen LogP contribution < -0.4 is 4.74 Å². The maximum absolute atomic E-state index is 12.5. The fraction of sp³-hybridized carbons (Fsp3) is 0.333. The number of aliphatic carboxylic acids is 1. The fourth-order valence-corrected chi connectivity index (χ4v) is 1.14. The van der Waals surface area contributed by atoms with Gasteiger partial charge in [-0.25, -0.2) is 4.98 Å². The van der Waals surface area contributed by atoms with E-state index in [1.165, 1.54) is 7.11 Å². The Hall–Kier alpha value is -1.79. The molecule has 88 valence electrons. The predicted octanol–water partition coefficient (Wildman–Crippen LogP) is 1.74. The molecule has 0 atom stereocenters. The Kier molecular flexibility index (Phi) is 3.36. The first kappa shape index (κ1) is 12.3. The van der Waals surface area contributed by atoms with Gasteiger partial charge in [-0.1, -0.05) is 0 Å². The van der Waals surface area contributed by atoms with E-state index in [0.29, 0.717) is 6.07 Å². The molecule has 0 bridgehead atoms. The molecule has 0 radical (unpaired) electrons. The van der Waals surface area contributed by atoms with E-state index in [9.17, 15) is 18.0 Å². The molecule has 4 nitrogen and oxygen atoms in total. The Labute approximate surface area is 88.7 Å². The van der Waals surface area contributed by atoms with E-state index in [2.05, 4.69) is 9.72 Å². The molecule has 1 aromatic rings. The minimum absolute atomic E-state index is 0.207. The summed E-state index contributed by atoms with van der Waals surface area (Å²) in [6.45, 7) is 0. The molecule has 1 N–H and O–H groups in total. The number of halogens is 3. The van der Waals surface area contributed by atoms with Crippen LogP contribution in [-0.4, -0.2) is 23.2 Å². The van der Waals surface area contributed by atoms with E-state index < -0.39 is 24.1 Å². The van der Waals surface area contributed by atoms with Gasteiger partial charge in [0.1, 0.15) is 0 Å². The van der Waals surface area contributed by atoms with Crippen LogP contribution >= 0.6 is 0 Å². The normalized spacial score (nSPS) is 11.2. The Morgan fingerprint density at radius 2 is 2.19 bits per heavy atom. The van der Waals surface area contributed by atoms with Gasteiger partial charge in [-0.05, 0) is 5.56 Å². The van der Waals surface area contributed by atoms with Gasteiger partial charge in [0, 0.05) is 12.3 Å². The van der Waals surface area contributed by atoms with Gasteiger partial charge >= 0.3 is 12.1 Å². The SMILES string of the molecule is COc1cc(C(F)(F)F)c(CC(=O)O)cn1. The average Bonchev–Trinajstić information content (AvgIpc) is 2.15. The number of hydrogen-bond acceptors (Lipinski definition) is 3. The third-order valence-electron chi connectivity index (χ3n) is 1.82. The van der Waals surface area contributed by atoms with E-state index in [4.69, 9.17) is 5.11 Å². The molecule has 0 aliphatic heterocycles. The van der Waals surface area contributed by atoms with Crippen molar-refractivity contribution in [2.75, 3.05) is 7.11 Å². The topological polar surface area (TPSA) is 59.4 Å². The average molecular weight is 235 g/mol. The van der Waals surface area contributed by atoms with Crippen LogP contribution in [0.4, 0.5) is 13.2 Å². The smallest absolute Gasteiger partial charge is 0.416 e. The zero-order valence-corrected chi connectivity index (χ0v) is 8.21. The first-order chi connectivity index (χ1) is 7.34. The highest BCUT2D eigenvalue weighted by molar-refractivity contribution is 5.70. The molecule has 1 heterocycles. The van der Waals surface area contributed by atoms with Crippen LogP contribution in [0.5, 0.6) is 5.88 Å². The van der Waals surface area contributed by atoms with Crippen LogP contribution in [0.25, 0.3) is 0 Å². The summed E-state index contributed by atoms with van der Waals surface area (Å²) >= 11 is 0. The molecule has 1 aromatic heterocycles. The molecule has 7 heteroatoms. The van der Waals surface area contributed by atoms with Gasteiger partial charge < -0.3 is 9.84 Å². The van der Waals surface area contributed by atoms with Crippen molar-refractivity contribution in [2.24, 2.45) is 0 Å². The third-order valence-corrected chi connectivity index (χ3v) is 1.82. The first-order valence-corrected chi connectivity index (χ1v) is 4.16. The fourth-order valence-electron chi connectivity index (χ4n) is 1.14. The van der Waals surface area contributed by atoms with Crippen molar-refractivity contribution in [3.05, 3.63) is 23.4 Å². The Morgan fingerprint density at radius 1 is 1.56 bits per heavy atom. The maximum atomic E-state index is 12.5. The zero-order valence-electron chi connectivity index (χ0n) is 8.21. The van der Waals surface area contributed by atoms with Gasteiger partial charge in [0.15, 0.2) is 0 Å². The van der Waals surface area contributed by atoms with Gasteiger partial charge in [0.25, 0.3) is 0 Å². The molecule has 16 heavy (non-hydrogen) atoms. The summed E-state index contributed by atoms with van der Waals surface area (Å²) in [7, 11) is 1.18. The molecule has 1 rings (SSSR count). The lowest BCUT2D eigenvalue weighted by Crippen LogP contribution is -2.13. The van der Waals surface area contributed by atoms with Gasteiger partial charge in [0.05, 0.1) is 19.1 Å². The van der Waals surface area contributed by atoms with Gasteiger partial charge in [-0.2, -0.15) is 13.2 Å². The van der Waals surface area contributed by atoms with E-state index in [0.717, 1.165) is 6.20 Å². The number of carboxylic acid groups (broad SMARTS) is 1. The second kappa shape index (κ2) is 4.38. The van der Waals surface area contributed by atoms with Crippen molar-refractivity contribution in [1.82, 2.24) is 4.98 Å². The number of rotatable bonds is 3. The van der Waals surface area contributed by atoms with Crippen molar-refractivity contribution in [1.29, 1.82) is 0 Å². The number of alkyl halides is 3. The summed E-state index contributed by atoms with van der Waals surface area (Å²) < 4.78 is 42.2. The Bertz CT molecular complexity index is 403. The molecular formula is C9H8F3NO3. The van der Waals surface area contributed by atoms with Crippen LogP contribution in [0.3, 0.4) is 0 Å². The highest BCUT2D eigenvalue weighted by Crippen LogP contribution is 2.33. The lowest BCUT2D eigenvalue weighted by molar-refractivity contribution is -0.139. The predicted molar refractivity (Wildman–Crippen MR) is 47.1 cm³/mol. The first-order valence-electron chi connectivity index (χ1n) is 4.16. The largest absolute Gasteiger partial charge is 0.481 e. The summed E-state index contributed by atoms with van der Waals surface area (Å²) in [6.07, 6.45) is -4.50. The Balaban J connectivity index is 3.22. The minimum atomic E-state index is -4.62. The van der Waals surface area contributed by atoms with Crippen LogP contribution in [0.15, 0.2) is 12.3 Å². The van der Waals surface area contributed by atoms with E-state index in [1.54, 1.807) is 0 Å². The number of aromatic nitrogens is 1. The molecule has 0 unspecified atom stereocenters. The van der Waals surface area contributed by atoms with Crippen LogP contribution in [-0.2, 0) is 17.4 Å². The summed E-state index contributed by atoms with van der Waals surface area (Å²) in [5.41, 5.74) is -1.43. The second-order valence-electron chi connectivity index (χ2n) is 2.95. The van der Waals surface area contributed by atoms with E-state index in [-0.39, 0.29) is 11.4 Å². The lowest BCUT2D eigenvalue weighted by atomic mass is 10.1. The molecular weight excluding hydrogens is 227 g/mol. The number of hydrogen-bond donors (Lipinski definition) is 1. The number of methoxy groups -OCH3 is 1. The minimum Gasteiger partial charge on any atom is -0.481 e.